The zero-order valence-electron chi connectivity index (χ0n) is 16.2. The number of aromatic amines is 1. The number of rotatable bonds is 3. The average molecular weight is 390 g/mol. The second-order valence-corrected chi connectivity index (χ2v) is 7.39. The molecule has 0 bridgehead atoms. The molecule has 0 amide bonds. The van der Waals surface area contributed by atoms with Gasteiger partial charge >= 0.3 is 0 Å². The Morgan fingerprint density at radius 1 is 0.733 bits per heavy atom. The van der Waals surface area contributed by atoms with Crippen molar-refractivity contribution >= 4 is 16.5 Å². The minimum atomic E-state index is 0.678. The van der Waals surface area contributed by atoms with Crippen molar-refractivity contribution in [1.29, 1.82) is 0 Å². The summed E-state index contributed by atoms with van der Waals surface area (Å²) in [5, 5.41) is 23.6. The maximum atomic E-state index is 4.90. The molecule has 3 heterocycles. The highest BCUT2D eigenvalue weighted by atomic mass is 15.5. The normalized spacial score (nSPS) is 13.3. The standard InChI is InChI=1S/C24H18N6/c1-2-7-17(8-3-1)21-15-22(26-25-21)24-28-27-23-13-12-20(29-30(23)24)19-11-10-16-6-4-5-9-18(16)14-19/h1-11,14-15H,12-13H2,(H,25,26). The lowest BCUT2D eigenvalue weighted by Gasteiger charge is -2.14. The second-order valence-electron chi connectivity index (χ2n) is 7.39. The highest BCUT2D eigenvalue weighted by Crippen LogP contribution is 2.26. The summed E-state index contributed by atoms with van der Waals surface area (Å²) < 4.78 is 1.84. The highest BCUT2D eigenvalue weighted by Gasteiger charge is 2.21. The second kappa shape index (κ2) is 6.77. The molecular weight excluding hydrogens is 372 g/mol. The third kappa shape index (κ3) is 2.81. The number of hydrogen-bond acceptors (Lipinski definition) is 4. The Morgan fingerprint density at radius 2 is 1.57 bits per heavy atom. The van der Waals surface area contributed by atoms with Crippen LogP contribution < -0.4 is 0 Å². The Balaban J connectivity index is 1.40. The molecule has 0 atom stereocenters. The van der Waals surface area contributed by atoms with Crippen molar-refractivity contribution in [3.05, 3.63) is 90.3 Å². The van der Waals surface area contributed by atoms with Crippen LogP contribution in [0.15, 0.2) is 84.0 Å². The smallest absolute Gasteiger partial charge is 0.202 e. The molecule has 0 saturated heterocycles. The van der Waals surface area contributed by atoms with E-state index >= 15 is 0 Å². The molecule has 0 spiro atoms. The summed E-state index contributed by atoms with van der Waals surface area (Å²) in [5.74, 6) is 1.54. The van der Waals surface area contributed by atoms with E-state index in [0.717, 1.165) is 46.9 Å². The SMILES string of the molecule is c1ccc(-c2cc(-c3nnc4n3N=C(c3ccc5ccccc5c3)CC4)[nH]n2)cc1. The molecule has 5 aromatic rings. The summed E-state index contributed by atoms with van der Waals surface area (Å²) in [6.07, 6.45) is 1.65. The largest absolute Gasteiger partial charge is 0.274 e. The van der Waals surface area contributed by atoms with E-state index in [0.29, 0.717) is 5.82 Å². The van der Waals surface area contributed by atoms with Gasteiger partial charge in [0.05, 0.1) is 11.4 Å². The average Bonchev–Trinajstić information content (AvgIpc) is 3.46. The number of nitrogens with one attached hydrogen (secondary N) is 1. The van der Waals surface area contributed by atoms with Crippen LogP contribution in [0.3, 0.4) is 0 Å². The van der Waals surface area contributed by atoms with E-state index in [1.165, 1.54) is 10.8 Å². The monoisotopic (exact) mass is 390 g/mol. The number of nitrogens with zero attached hydrogens (tertiary/aromatic N) is 5. The van der Waals surface area contributed by atoms with Crippen molar-refractivity contribution < 1.29 is 0 Å². The number of aromatic nitrogens is 5. The van der Waals surface area contributed by atoms with E-state index in [2.05, 4.69) is 62.9 Å². The van der Waals surface area contributed by atoms with Crippen LogP contribution in [-0.4, -0.2) is 30.8 Å². The molecule has 0 radical (unpaired) electrons. The van der Waals surface area contributed by atoms with Gasteiger partial charge in [-0.15, -0.1) is 10.2 Å². The van der Waals surface area contributed by atoms with Crippen LogP contribution in [0.1, 0.15) is 17.8 Å². The Kier molecular flexibility index (Phi) is 3.81. The van der Waals surface area contributed by atoms with Gasteiger partial charge in [0.2, 0.25) is 5.82 Å². The fourth-order valence-corrected chi connectivity index (χ4v) is 3.91. The van der Waals surface area contributed by atoms with Gasteiger partial charge in [-0.2, -0.15) is 14.9 Å². The van der Waals surface area contributed by atoms with Crippen molar-refractivity contribution in [2.45, 2.75) is 12.8 Å². The first-order chi connectivity index (χ1) is 14.8. The maximum absolute atomic E-state index is 4.90. The van der Waals surface area contributed by atoms with E-state index in [1.54, 1.807) is 0 Å². The van der Waals surface area contributed by atoms with E-state index < -0.39 is 0 Å². The summed E-state index contributed by atoms with van der Waals surface area (Å²) in [6.45, 7) is 0. The Bertz CT molecular complexity index is 1390. The number of H-pyrrole nitrogens is 1. The predicted octanol–water partition coefficient (Wildman–Crippen LogP) is 4.69. The third-order valence-electron chi connectivity index (χ3n) is 5.48. The van der Waals surface area contributed by atoms with Gasteiger partial charge in [-0.05, 0) is 34.9 Å². The van der Waals surface area contributed by atoms with Crippen LogP contribution in [0.25, 0.3) is 33.5 Å². The molecule has 0 unspecified atom stereocenters. The molecule has 1 aliphatic heterocycles. The van der Waals surface area contributed by atoms with E-state index in [4.69, 9.17) is 5.10 Å². The lowest BCUT2D eigenvalue weighted by molar-refractivity contribution is 0.734. The zero-order chi connectivity index (χ0) is 19.9. The van der Waals surface area contributed by atoms with E-state index in [-0.39, 0.29) is 0 Å². The van der Waals surface area contributed by atoms with E-state index in [9.17, 15) is 0 Å². The fraction of sp³-hybridized carbons (Fsp3) is 0.0833. The number of fused-ring (bicyclic) bond motifs is 2. The lowest BCUT2D eigenvalue weighted by Crippen LogP contribution is -2.15. The van der Waals surface area contributed by atoms with Crippen LogP contribution in [0, 0.1) is 0 Å². The van der Waals surface area contributed by atoms with Gasteiger partial charge in [-0.25, -0.2) is 0 Å². The summed E-state index contributed by atoms with van der Waals surface area (Å²) >= 11 is 0. The molecule has 6 heteroatoms. The van der Waals surface area contributed by atoms with Gasteiger partial charge in [0.15, 0.2) is 5.82 Å². The van der Waals surface area contributed by atoms with Crippen molar-refractivity contribution in [2.75, 3.05) is 0 Å². The number of aryl methyl sites for hydroxylation is 1. The molecule has 3 aromatic carbocycles. The molecule has 0 aliphatic carbocycles. The van der Waals surface area contributed by atoms with Crippen molar-refractivity contribution in [3.8, 4) is 22.8 Å². The van der Waals surface area contributed by atoms with Crippen molar-refractivity contribution in [3.63, 3.8) is 0 Å². The van der Waals surface area contributed by atoms with E-state index in [1.807, 2.05) is 41.1 Å². The molecule has 144 valence electrons. The summed E-state index contributed by atoms with van der Waals surface area (Å²) in [6, 6.07) is 26.9. The first-order valence-electron chi connectivity index (χ1n) is 9.98. The minimum absolute atomic E-state index is 0.678. The van der Waals surface area contributed by atoms with Crippen LogP contribution in [-0.2, 0) is 6.42 Å². The number of benzene rings is 3. The van der Waals surface area contributed by atoms with Crippen LogP contribution in [0.5, 0.6) is 0 Å². The summed E-state index contributed by atoms with van der Waals surface area (Å²) in [5.41, 5.74) is 4.90. The van der Waals surface area contributed by atoms with Gasteiger partial charge < -0.3 is 0 Å². The molecule has 0 saturated carbocycles. The molecule has 1 N–H and O–H groups in total. The van der Waals surface area contributed by atoms with Gasteiger partial charge in [-0.3, -0.25) is 5.10 Å². The highest BCUT2D eigenvalue weighted by molar-refractivity contribution is 6.03. The molecule has 1 aliphatic rings. The van der Waals surface area contributed by atoms with Gasteiger partial charge in [0.1, 0.15) is 5.69 Å². The zero-order valence-corrected chi connectivity index (χ0v) is 16.2. The van der Waals surface area contributed by atoms with Crippen LogP contribution in [0.4, 0.5) is 0 Å². The Labute approximate surface area is 172 Å². The predicted molar refractivity (Wildman–Crippen MR) is 117 cm³/mol. The van der Waals surface area contributed by atoms with Gasteiger partial charge in [0, 0.05) is 12.0 Å². The topological polar surface area (TPSA) is 71.8 Å². The van der Waals surface area contributed by atoms with Crippen molar-refractivity contribution in [2.24, 2.45) is 5.10 Å². The molecule has 30 heavy (non-hydrogen) atoms. The summed E-state index contributed by atoms with van der Waals surface area (Å²) in [7, 11) is 0. The summed E-state index contributed by atoms with van der Waals surface area (Å²) in [4.78, 5) is 0. The van der Waals surface area contributed by atoms with Crippen LogP contribution in [0.2, 0.25) is 0 Å². The van der Waals surface area contributed by atoms with Gasteiger partial charge in [0.25, 0.3) is 0 Å². The minimum Gasteiger partial charge on any atom is -0.274 e. The van der Waals surface area contributed by atoms with Gasteiger partial charge in [-0.1, -0.05) is 66.7 Å². The molecule has 6 rings (SSSR count). The quantitative estimate of drug-likeness (QED) is 0.486. The lowest BCUT2D eigenvalue weighted by atomic mass is 10.0. The molecular formula is C24H18N6. The maximum Gasteiger partial charge on any atom is 0.202 e. The molecule has 6 nitrogen and oxygen atoms in total. The number of hydrogen-bond donors (Lipinski definition) is 1. The first-order valence-corrected chi connectivity index (χ1v) is 9.98. The first kappa shape index (κ1) is 16.9. The fourth-order valence-electron chi connectivity index (χ4n) is 3.91. The Hall–Kier alpha value is -4.06. The molecule has 0 fully saturated rings. The molecule has 2 aromatic heterocycles. The van der Waals surface area contributed by atoms with Crippen LogP contribution >= 0.6 is 0 Å². The van der Waals surface area contributed by atoms with Crippen molar-refractivity contribution in [1.82, 2.24) is 25.1 Å². The third-order valence-corrected chi connectivity index (χ3v) is 5.48. The Morgan fingerprint density at radius 3 is 2.47 bits per heavy atom.